The van der Waals surface area contributed by atoms with E-state index in [0.717, 1.165) is 0 Å². The molecule has 0 aliphatic rings. The summed E-state index contributed by atoms with van der Waals surface area (Å²) in [5, 5.41) is 0. The van der Waals surface area contributed by atoms with Crippen molar-refractivity contribution in [2.45, 2.75) is 13.8 Å². The molecule has 1 amide bonds. The van der Waals surface area contributed by atoms with Crippen LogP contribution < -0.4 is 0 Å². The third-order valence-corrected chi connectivity index (χ3v) is 2.72. The van der Waals surface area contributed by atoms with E-state index in [1.807, 2.05) is 6.92 Å². The van der Waals surface area contributed by atoms with Gasteiger partial charge >= 0.3 is 5.97 Å². The Labute approximate surface area is 112 Å². The summed E-state index contributed by atoms with van der Waals surface area (Å²) in [6, 6.07) is 3.51. The van der Waals surface area contributed by atoms with E-state index in [1.54, 1.807) is 36.3 Å². The van der Waals surface area contributed by atoms with Gasteiger partial charge in [0.2, 0.25) is 5.91 Å². The fraction of sp³-hybridized carbons (Fsp3) is 0.429. The van der Waals surface area contributed by atoms with Crippen LogP contribution in [-0.4, -0.2) is 37.0 Å². The number of hydrogen-bond acceptors (Lipinski definition) is 4. The minimum atomic E-state index is -0.342. The highest BCUT2D eigenvalue weighted by atomic mass is 16.5. The van der Waals surface area contributed by atoms with Crippen LogP contribution in [0.4, 0.5) is 0 Å². The van der Waals surface area contributed by atoms with Crippen LogP contribution in [0.25, 0.3) is 6.08 Å². The smallest absolute Gasteiger partial charge is 0.310 e. The SMILES string of the molecule is CCN(CC(C)C(=O)OC)C(=O)/C=C/c1ccco1. The quantitative estimate of drug-likeness (QED) is 0.582. The van der Waals surface area contributed by atoms with Gasteiger partial charge in [-0.1, -0.05) is 6.92 Å². The predicted octanol–water partition coefficient (Wildman–Crippen LogP) is 1.95. The molecule has 1 rings (SSSR count). The minimum absolute atomic E-state index is 0.158. The number of carbonyl (C=O) groups is 2. The summed E-state index contributed by atoms with van der Waals surface area (Å²) < 4.78 is 9.75. The van der Waals surface area contributed by atoms with E-state index in [2.05, 4.69) is 4.74 Å². The molecule has 0 aliphatic carbocycles. The largest absolute Gasteiger partial charge is 0.469 e. The Kier molecular flexibility index (Phi) is 5.85. The first kappa shape index (κ1) is 15.0. The highest BCUT2D eigenvalue weighted by Gasteiger charge is 2.18. The summed E-state index contributed by atoms with van der Waals surface area (Å²) in [4.78, 5) is 24.9. The van der Waals surface area contributed by atoms with Gasteiger partial charge in [0.15, 0.2) is 0 Å². The lowest BCUT2D eigenvalue weighted by Crippen LogP contribution is -2.36. The van der Waals surface area contributed by atoms with Crippen LogP contribution >= 0.6 is 0 Å². The average molecular weight is 265 g/mol. The first-order valence-corrected chi connectivity index (χ1v) is 6.16. The van der Waals surface area contributed by atoms with Gasteiger partial charge < -0.3 is 14.1 Å². The van der Waals surface area contributed by atoms with Crippen LogP contribution in [0, 0.1) is 5.92 Å². The van der Waals surface area contributed by atoms with Gasteiger partial charge in [0.1, 0.15) is 5.76 Å². The van der Waals surface area contributed by atoms with E-state index in [4.69, 9.17) is 4.42 Å². The predicted molar refractivity (Wildman–Crippen MR) is 71.2 cm³/mol. The van der Waals surface area contributed by atoms with Crippen molar-refractivity contribution >= 4 is 18.0 Å². The molecular weight excluding hydrogens is 246 g/mol. The number of rotatable bonds is 6. The number of amides is 1. The lowest BCUT2D eigenvalue weighted by molar-refractivity contribution is -0.146. The van der Waals surface area contributed by atoms with E-state index in [0.29, 0.717) is 18.8 Å². The zero-order chi connectivity index (χ0) is 14.3. The number of likely N-dealkylation sites (N-methyl/N-ethyl adjacent to an activating group) is 1. The standard InChI is InChI=1S/C14H19NO4/c1-4-15(10-11(2)14(17)18-3)13(16)8-7-12-6-5-9-19-12/h5-9,11H,4,10H2,1-3H3/b8-7+. The lowest BCUT2D eigenvalue weighted by atomic mass is 10.1. The van der Waals surface area contributed by atoms with Crippen LogP contribution in [0.5, 0.6) is 0 Å². The van der Waals surface area contributed by atoms with E-state index < -0.39 is 0 Å². The summed E-state index contributed by atoms with van der Waals surface area (Å²) in [6.45, 7) is 4.47. The zero-order valence-electron chi connectivity index (χ0n) is 11.5. The second-order valence-electron chi connectivity index (χ2n) is 4.15. The van der Waals surface area contributed by atoms with Gasteiger partial charge in [-0.2, -0.15) is 0 Å². The highest BCUT2D eigenvalue weighted by Crippen LogP contribution is 2.06. The summed E-state index contributed by atoms with van der Waals surface area (Å²) in [5.41, 5.74) is 0. The van der Waals surface area contributed by atoms with E-state index in [9.17, 15) is 9.59 Å². The Morgan fingerprint density at radius 2 is 2.26 bits per heavy atom. The molecule has 0 N–H and O–H groups in total. The number of hydrogen-bond donors (Lipinski definition) is 0. The Balaban J connectivity index is 2.59. The first-order chi connectivity index (χ1) is 9.08. The van der Waals surface area contributed by atoms with Crippen LogP contribution in [0.2, 0.25) is 0 Å². The van der Waals surface area contributed by atoms with Gasteiger partial charge in [0.05, 0.1) is 19.3 Å². The van der Waals surface area contributed by atoms with Crippen molar-refractivity contribution in [3.05, 3.63) is 30.2 Å². The molecule has 104 valence electrons. The lowest BCUT2D eigenvalue weighted by Gasteiger charge is -2.22. The van der Waals surface area contributed by atoms with Gasteiger partial charge in [-0.25, -0.2) is 0 Å². The van der Waals surface area contributed by atoms with Crippen LogP contribution in [-0.2, 0) is 14.3 Å². The number of nitrogens with zero attached hydrogens (tertiary/aromatic N) is 1. The molecule has 0 aromatic carbocycles. The van der Waals surface area contributed by atoms with Crippen molar-refractivity contribution in [1.82, 2.24) is 4.90 Å². The second-order valence-corrected chi connectivity index (χ2v) is 4.15. The minimum Gasteiger partial charge on any atom is -0.469 e. The van der Waals surface area contributed by atoms with Crippen LogP contribution in [0.3, 0.4) is 0 Å². The molecule has 1 heterocycles. The molecule has 1 atom stereocenters. The van der Waals surface area contributed by atoms with Crippen molar-refractivity contribution in [3.8, 4) is 0 Å². The van der Waals surface area contributed by atoms with Crippen LogP contribution in [0.15, 0.2) is 28.9 Å². The maximum Gasteiger partial charge on any atom is 0.310 e. The molecule has 19 heavy (non-hydrogen) atoms. The number of ether oxygens (including phenoxy) is 1. The summed E-state index contributed by atoms with van der Waals surface area (Å²) in [6.07, 6.45) is 4.58. The third-order valence-electron chi connectivity index (χ3n) is 2.72. The maximum absolute atomic E-state index is 12.0. The Morgan fingerprint density at radius 3 is 2.79 bits per heavy atom. The summed E-state index contributed by atoms with van der Waals surface area (Å²) in [5.74, 6) is -0.202. The summed E-state index contributed by atoms with van der Waals surface area (Å²) >= 11 is 0. The molecular formula is C14H19NO4. The monoisotopic (exact) mass is 265 g/mol. The second kappa shape index (κ2) is 7.41. The number of carbonyl (C=O) groups excluding carboxylic acids is 2. The fourth-order valence-corrected chi connectivity index (χ4v) is 1.63. The number of methoxy groups -OCH3 is 1. The average Bonchev–Trinajstić information content (AvgIpc) is 2.94. The molecule has 1 unspecified atom stereocenters. The van der Waals surface area contributed by atoms with Crippen molar-refractivity contribution in [2.75, 3.05) is 20.2 Å². The normalized spacial score (nSPS) is 12.4. The Morgan fingerprint density at radius 1 is 1.53 bits per heavy atom. The van der Waals surface area contributed by atoms with Crippen molar-refractivity contribution < 1.29 is 18.7 Å². The van der Waals surface area contributed by atoms with Gasteiger partial charge in [-0.15, -0.1) is 0 Å². The van der Waals surface area contributed by atoms with E-state index >= 15 is 0 Å². The molecule has 1 aromatic rings. The number of furan rings is 1. The highest BCUT2D eigenvalue weighted by molar-refractivity contribution is 5.91. The molecule has 1 aromatic heterocycles. The van der Waals surface area contributed by atoms with Crippen molar-refractivity contribution in [3.63, 3.8) is 0 Å². The van der Waals surface area contributed by atoms with Gasteiger partial charge in [0.25, 0.3) is 0 Å². The molecule has 0 fully saturated rings. The third kappa shape index (κ3) is 4.62. The number of esters is 1. The van der Waals surface area contributed by atoms with Crippen LogP contribution in [0.1, 0.15) is 19.6 Å². The molecule has 0 saturated carbocycles. The topological polar surface area (TPSA) is 59.8 Å². The first-order valence-electron chi connectivity index (χ1n) is 6.16. The van der Waals surface area contributed by atoms with Gasteiger partial charge in [-0.3, -0.25) is 9.59 Å². The fourth-order valence-electron chi connectivity index (χ4n) is 1.63. The van der Waals surface area contributed by atoms with Gasteiger partial charge in [-0.05, 0) is 25.1 Å². The molecule has 0 bridgehead atoms. The maximum atomic E-state index is 12.0. The Bertz CT molecular complexity index is 436. The Hall–Kier alpha value is -2.04. The van der Waals surface area contributed by atoms with Gasteiger partial charge in [0, 0.05) is 19.2 Å². The molecule has 5 nitrogen and oxygen atoms in total. The molecule has 0 spiro atoms. The van der Waals surface area contributed by atoms with Crippen molar-refractivity contribution in [1.29, 1.82) is 0 Å². The molecule has 0 aliphatic heterocycles. The summed E-state index contributed by atoms with van der Waals surface area (Å²) in [7, 11) is 1.34. The molecule has 0 saturated heterocycles. The van der Waals surface area contributed by atoms with E-state index in [-0.39, 0.29) is 17.8 Å². The zero-order valence-corrected chi connectivity index (χ0v) is 11.5. The van der Waals surface area contributed by atoms with E-state index in [1.165, 1.54) is 13.2 Å². The molecule has 0 radical (unpaired) electrons. The molecule has 5 heteroatoms. The van der Waals surface area contributed by atoms with Crippen molar-refractivity contribution in [2.24, 2.45) is 5.92 Å².